The largest absolute Gasteiger partial charge is 0.329 e. The van der Waals surface area contributed by atoms with Crippen molar-refractivity contribution in [1.82, 2.24) is 0 Å². The van der Waals surface area contributed by atoms with Gasteiger partial charge >= 0.3 is 0 Å². The second-order valence-electron chi connectivity index (χ2n) is 4.97. The lowest BCUT2D eigenvalue weighted by atomic mass is 9.92. The van der Waals surface area contributed by atoms with Gasteiger partial charge in [0.05, 0.1) is 0 Å². The fourth-order valence-corrected chi connectivity index (χ4v) is 8.90. The Balaban J connectivity index is 2.40. The molecule has 0 aliphatic carbocycles. The average molecular weight is 985 g/mol. The van der Waals surface area contributed by atoms with E-state index in [4.69, 9.17) is 4.74 Å². The van der Waals surface area contributed by atoms with Crippen LogP contribution in [0.4, 0.5) is 0 Å². The molecule has 2 aromatic carbocycles. The number of hydrogen-bond donors (Lipinski definition) is 0. The minimum atomic E-state index is -0.779. The molecule has 11 heteroatoms. The van der Waals surface area contributed by atoms with E-state index < -0.39 is 9.02 Å². The summed E-state index contributed by atoms with van der Waals surface area (Å²) in [5, 5.41) is 0. The van der Waals surface area contributed by atoms with Gasteiger partial charge in [-0.1, -0.05) is 6.07 Å². The van der Waals surface area contributed by atoms with Crippen LogP contribution >= 0.6 is 159 Å². The zero-order valence-corrected chi connectivity index (χ0v) is 27.2. The lowest BCUT2D eigenvalue weighted by molar-refractivity contribution is 0.339. The molecule has 0 aromatic heterocycles. The van der Waals surface area contributed by atoms with Crippen molar-refractivity contribution in [1.29, 1.82) is 0 Å². The fourth-order valence-electron chi connectivity index (χ4n) is 2.42. The Labute approximate surface area is 228 Å². The van der Waals surface area contributed by atoms with E-state index in [1.807, 2.05) is 12.1 Å². The molecule has 134 valence electrons. The van der Waals surface area contributed by atoms with Crippen LogP contribution in [-0.2, 0) is 10.3 Å². The Morgan fingerprint density at radius 1 is 0.600 bits per heavy atom. The van der Waals surface area contributed by atoms with Gasteiger partial charge in [-0.3, -0.25) is 0 Å². The number of alkyl halides is 2. The van der Waals surface area contributed by atoms with Crippen molar-refractivity contribution in [2.24, 2.45) is 0 Å². The summed E-state index contributed by atoms with van der Waals surface area (Å²) in [4.78, 5) is 0. The second kappa shape index (κ2) is 8.04. The van der Waals surface area contributed by atoms with Crippen molar-refractivity contribution in [3.8, 4) is 0 Å². The van der Waals surface area contributed by atoms with Crippen LogP contribution in [0.15, 0.2) is 47.9 Å². The van der Waals surface area contributed by atoms with E-state index in [9.17, 15) is 0 Å². The smallest absolute Gasteiger partial charge is 0.217 e. The molecule has 0 spiro atoms. The lowest BCUT2D eigenvalue weighted by Gasteiger charge is -2.23. The molecule has 1 aliphatic rings. The average Bonchev–Trinajstić information content (AvgIpc) is 3.11. The molecule has 1 unspecified atom stereocenters. The monoisotopic (exact) mass is 975 g/mol. The van der Waals surface area contributed by atoms with Gasteiger partial charge < -0.3 is 4.74 Å². The van der Waals surface area contributed by atoms with Gasteiger partial charge in [-0.2, -0.15) is 0 Å². The summed E-state index contributed by atoms with van der Waals surface area (Å²) >= 11 is 36.4. The summed E-state index contributed by atoms with van der Waals surface area (Å²) in [5.41, 5.74) is 1.11. The van der Waals surface area contributed by atoms with Crippen LogP contribution in [0.5, 0.6) is 0 Å². The molecule has 0 saturated carbocycles. The van der Waals surface area contributed by atoms with Gasteiger partial charge in [0.25, 0.3) is 0 Å². The maximum atomic E-state index is 6.20. The van der Waals surface area contributed by atoms with E-state index in [-0.39, 0.29) is 0 Å². The summed E-state index contributed by atoms with van der Waals surface area (Å²) in [7, 11) is 0. The fraction of sp³-hybridized carbons (Fsp3) is 0.143. The number of rotatable bonds is 2. The van der Waals surface area contributed by atoms with Gasteiger partial charge in [0.2, 0.25) is 3.42 Å². The predicted molar refractivity (Wildman–Crippen MR) is 137 cm³/mol. The van der Waals surface area contributed by atoms with Crippen LogP contribution in [0.1, 0.15) is 11.1 Å². The Morgan fingerprint density at radius 2 is 1.04 bits per heavy atom. The van der Waals surface area contributed by atoms with Crippen LogP contribution in [0.3, 0.4) is 0 Å². The minimum Gasteiger partial charge on any atom is -0.329 e. The first-order chi connectivity index (χ1) is 11.5. The highest BCUT2D eigenvalue weighted by atomic mass is 79.9. The van der Waals surface area contributed by atoms with Gasteiger partial charge in [0.15, 0.2) is 5.60 Å². The molecule has 0 amide bonds. The van der Waals surface area contributed by atoms with Crippen molar-refractivity contribution < 1.29 is 4.74 Å². The summed E-state index contributed by atoms with van der Waals surface area (Å²) < 4.78 is 12.6. The number of ether oxygens (including phenoxy) is 1. The molecule has 1 heterocycles. The predicted octanol–water partition coefficient (Wildman–Crippen LogP) is 10.5. The third kappa shape index (κ3) is 3.61. The van der Waals surface area contributed by atoms with E-state index in [0.717, 1.165) is 46.9 Å². The molecule has 0 N–H and O–H groups in total. The van der Waals surface area contributed by atoms with Gasteiger partial charge in [0.1, 0.15) is 0 Å². The normalized spacial score (nSPS) is 21.5. The first-order valence-electron chi connectivity index (χ1n) is 6.21. The third-order valence-electron chi connectivity index (χ3n) is 3.63. The summed E-state index contributed by atoms with van der Waals surface area (Å²) in [6.07, 6.45) is 0. The maximum absolute atomic E-state index is 6.20. The quantitative estimate of drug-likeness (QED) is 0.126. The number of benzene rings is 2. The van der Waals surface area contributed by atoms with Gasteiger partial charge in [0, 0.05) is 46.9 Å². The van der Waals surface area contributed by atoms with Crippen LogP contribution < -0.4 is 0 Å². The van der Waals surface area contributed by atoms with E-state index >= 15 is 0 Å². The highest BCUT2D eigenvalue weighted by Crippen LogP contribution is 2.71. The number of epoxide rings is 1. The maximum Gasteiger partial charge on any atom is 0.217 e. The molecule has 3 rings (SSSR count). The van der Waals surface area contributed by atoms with Gasteiger partial charge in [-0.15, -0.1) is 0 Å². The topological polar surface area (TPSA) is 12.5 Å². The van der Waals surface area contributed by atoms with Gasteiger partial charge in [-0.05, 0) is 165 Å². The molecular weight excluding hydrogens is 983 g/mol. The molecule has 2 aromatic rings. The molecule has 1 nitrogen and oxygen atoms in total. The van der Waals surface area contributed by atoms with Crippen molar-refractivity contribution in [2.45, 2.75) is 9.02 Å². The third-order valence-corrected chi connectivity index (χ3v) is 14.5. The second-order valence-corrected chi connectivity index (χ2v) is 14.7. The molecular formula is C14H2Br10O. The molecule has 0 radical (unpaired) electrons. The Kier molecular flexibility index (Phi) is 7.35. The lowest BCUT2D eigenvalue weighted by Crippen LogP contribution is -2.19. The SMILES string of the molecule is Brc1ccc(C2(c3c(Br)c(Br)c(Br)c(Br)c3Br)OC2(Br)Br)c(Br)c1Br. The highest BCUT2D eigenvalue weighted by Gasteiger charge is 2.72. The standard InChI is InChI=1S/C14H2Br10O/c15-4-2-1-3(6(16)7(4)17)13(14(23,24)25-13)5-8(18)10(20)12(22)11(21)9(5)19/h1-2H. The van der Waals surface area contributed by atoms with Crippen molar-refractivity contribution >= 4 is 159 Å². The van der Waals surface area contributed by atoms with Gasteiger partial charge in [-0.25, -0.2) is 0 Å². The Bertz CT molecular complexity index is 880. The van der Waals surface area contributed by atoms with Crippen molar-refractivity contribution in [2.75, 3.05) is 0 Å². The first kappa shape index (κ1) is 22.9. The van der Waals surface area contributed by atoms with Crippen LogP contribution in [-0.4, -0.2) is 3.42 Å². The number of halogens is 10. The molecule has 1 aliphatic heterocycles. The summed E-state index contributed by atoms with van der Waals surface area (Å²) in [6, 6.07) is 4.00. The molecule has 0 bridgehead atoms. The van der Waals surface area contributed by atoms with Crippen molar-refractivity contribution in [3.63, 3.8) is 0 Å². The van der Waals surface area contributed by atoms with E-state index in [1.165, 1.54) is 0 Å². The zero-order valence-electron chi connectivity index (χ0n) is 11.3. The molecule has 25 heavy (non-hydrogen) atoms. The Morgan fingerprint density at radius 3 is 1.48 bits per heavy atom. The molecule has 1 fully saturated rings. The van der Waals surface area contributed by atoms with Crippen LogP contribution in [0.25, 0.3) is 0 Å². The molecule has 1 atom stereocenters. The zero-order chi connectivity index (χ0) is 18.9. The van der Waals surface area contributed by atoms with Crippen LogP contribution in [0.2, 0.25) is 0 Å². The molecule has 1 saturated heterocycles. The highest BCUT2D eigenvalue weighted by molar-refractivity contribution is 9.25. The summed E-state index contributed by atoms with van der Waals surface area (Å²) in [5.74, 6) is 0. The Hall–Kier alpha value is 3.20. The minimum absolute atomic E-state index is 0.749. The van der Waals surface area contributed by atoms with E-state index in [0.29, 0.717) is 0 Å². The van der Waals surface area contributed by atoms with E-state index in [1.54, 1.807) is 0 Å². The summed E-state index contributed by atoms with van der Waals surface area (Å²) in [6.45, 7) is 0. The van der Waals surface area contributed by atoms with E-state index in [2.05, 4.69) is 159 Å². The van der Waals surface area contributed by atoms with Crippen LogP contribution in [0, 0.1) is 0 Å². The number of hydrogen-bond acceptors (Lipinski definition) is 1. The van der Waals surface area contributed by atoms with Crippen molar-refractivity contribution in [3.05, 3.63) is 59.0 Å². The first-order valence-corrected chi connectivity index (χ1v) is 14.1.